The summed E-state index contributed by atoms with van der Waals surface area (Å²) in [4.78, 5) is 14.2. The average Bonchev–Trinajstić information content (AvgIpc) is 2.98. The lowest BCUT2D eigenvalue weighted by molar-refractivity contribution is 0.0927. The van der Waals surface area contributed by atoms with E-state index < -0.39 is 0 Å². The topological polar surface area (TPSA) is 73.9 Å². The summed E-state index contributed by atoms with van der Waals surface area (Å²) in [5.74, 6) is -0.216. The van der Waals surface area contributed by atoms with E-state index >= 15 is 0 Å². The Hall–Kier alpha value is -2.21. The first-order valence-corrected chi connectivity index (χ1v) is 6.53. The molecule has 2 aromatic rings. The average molecular weight is 273 g/mol. The second-order valence-electron chi connectivity index (χ2n) is 4.88. The maximum Gasteiger partial charge on any atom is 0.273 e. The number of nitrogens with zero attached hydrogens (tertiary/aromatic N) is 3. The minimum absolute atomic E-state index is 0.0391. The summed E-state index contributed by atoms with van der Waals surface area (Å²) >= 11 is 0. The van der Waals surface area contributed by atoms with E-state index in [0.717, 1.165) is 18.5 Å². The van der Waals surface area contributed by atoms with Crippen LogP contribution in [0.4, 0.5) is 0 Å². The van der Waals surface area contributed by atoms with Crippen LogP contribution in [0.2, 0.25) is 0 Å². The zero-order chi connectivity index (χ0) is 14.4. The molecule has 6 nitrogen and oxygen atoms in total. The van der Waals surface area contributed by atoms with Crippen LogP contribution in [0, 0.1) is 0 Å². The second-order valence-corrected chi connectivity index (χ2v) is 4.88. The summed E-state index contributed by atoms with van der Waals surface area (Å²) in [7, 11) is 4.03. The minimum Gasteiger partial charge on any atom is -0.344 e. The van der Waals surface area contributed by atoms with Gasteiger partial charge in [0, 0.05) is 0 Å². The Labute approximate surface area is 118 Å². The third-order valence-electron chi connectivity index (χ3n) is 3.02. The summed E-state index contributed by atoms with van der Waals surface area (Å²) in [5, 5.41) is 12.9. The van der Waals surface area contributed by atoms with E-state index in [1.54, 1.807) is 0 Å². The highest BCUT2D eigenvalue weighted by Gasteiger charge is 2.17. The van der Waals surface area contributed by atoms with Crippen molar-refractivity contribution in [1.29, 1.82) is 0 Å². The number of nitrogens with one attached hydrogen (secondary N) is 2. The number of amides is 1. The summed E-state index contributed by atoms with van der Waals surface area (Å²) in [6.07, 6.45) is 2.25. The molecule has 2 N–H and O–H groups in total. The Morgan fingerprint density at radius 1 is 1.35 bits per heavy atom. The molecule has 0 fully saturated rings. The number of H-pyrrole nitrogens is 1. The summed E-state index contributed by atoms with van der Waals surface area (Å²) in [5.41, 5.74) is 1.39. The quantitative estimate of drug-likeness (QED) is 0.830. The molecule has 106 valence electrons. The van der Waals surface area contributed by atoms with Crippen LogP contribution in [0.3, 0.4) is 0 Å². The van der Waals surface area contributed by atoms with Gasteiger partial charge in [-0.05, 0) is 32.6 Å². The van der Waals surface area contributed by atoms with Crippen molar-refractivity contribution in [2.45, 2.75) is 12.5 Å². The van der Waals surface area contributed by atoms with Crippen LogP contribution in [-0.4, -0.2) is 46.9 Å². The fraction of sp³-hybridized carbons (Fsp3) is 0.357. The van der Waals surface area contributed by atoms with Gasteiger partial charge < -0.3 is 10.2 Å². The first-order valence-electron chi connectivity index (χ1n) is 6.53. The van der Waals surface area contributed by atoms with Crippen molar-refractivity contribution in [3.05, 3.63) is 47.8 Å². The normalized spacial score (nSPS) is 12.3. The number of benzene rings is 1. The number of carbonyl (C=O) groups excluding carboxylic acids is 1. The maximum atomic E-state index is 12.1. The largest absolute Gasteiger partial charge is 0.344 e. The van der Waals surface area contributed by atoms with Crippen molar-refractivity contribution in [1.82, 2.24) is 25.6 Å². The first kappa shape index (κ1) is 14.2. The molecule has 1 atom stereocenters. The van der Waals surface area contributed by atoms with Crippen molar-refractivity contribution in [2.75, 3.05) is 20.6 Å². The number of aromatic amines is 1. The molecule has 2 rings (SSSR count). The van der Waals surface area contributed by atoms with Gasteiger partial charge in [0.2, 0.25) is 0 Å². The Morgan fingerprint density at radius 2 is 2.10 bits per heavy atom. The highest BCUT2D eigenvalue weighted by Crippen LogP contribution is 2.17. The number of aromatic nitrogens is 3. The van der Waals surface area contributed by atoms with Crippen LogP contribution in [0.15, 0.2) is 36.5 Å². The van der Waals surface area contributed by atoms with Gasteiger partial charge >= 0.3 is 0 Å². The van der Waals surface area contributed by atoms with Crippen LogP contribution >= 0.6 is 0 Å². The predicted molar refractivity (Wildman–Crippen MR) is 76.2 cm³/mol. The molecule has 1 amide bonds. The number of rotatable bonds is 6. The molecular weight excluding hydrogens is 254 g/mol. The number of carbonyl (C=O) groups is 1. The van der Waals surface area contributed by atoms with Gasteiger partial charge in [0.15, 0.2) is 5.69 Å². The van der Waals surface area contributed by atoms with Crippen molar-refractivity contribution in [3.63, 3.8) is 0 Å². The van der Waals surface area contributed by atoms with E-state index in [2.05, 4.69) is 25.6 Å². The van der Waals surface area contributed by atoms with Gasteiger partial charge in [0.25, 0.3) is 5.91 Å². The highest BCUT2D eigenvalue weighted by molar-refractivity contribution is 5.92. The predicted octanol–water partition coefficient (Wildman–Crippen LogP) is 1.23. The van der Waals surface area contributed by atoms with E-state index in [0.29, 0.717) is 5.69 Å². The lowest BCUT2D eigenvalue weighted by atomic mass is 10.0. The summed E-state index contributed by atoms with van der Waals surface area (Å²) in [6.45, 7) is 0.888. The third kappa shape index (κ3) is 3.89. The molecule has 20 heavy (non-hydrogen) atoms. The minimum atomic E-state index is -0.216. The SMILES string of the molecule is CN(C)CC[C@H](NC(=O)c1cn[nH]n1)c1ccccc1. The molecule has 1 aromatic heterocycles. The van der Waals surface area contributed by atoms with Gasteiger partial charge in [-0.2, -0.15) is 15.4 Å². The fourth-order valence-electron chi connectivity index (χ4n) is 1.94. The van der Waals surface area contributed by atoms with E-state index in [4.69, 9.17) is 0 Å². The van der Waals surface area contributed by atoms with Gasteiger partial charge in [-0.15, -0.1) is 0 Å². The Bertz CT molecular complexity index is 524. The van der Waals surface area contributed by atoms with Crippen LogP contribution in [0.1, 0.15) is 28.5 Å². The van der Waals surface area contributed by atoms with Gasteiger partial charge in [-0.25, -0.2) is 0 Å². The molecule has 0 unspecified atom stereocenters. The second kappa shape index (κ2) is 6.81. The fourth-order valence-corrected chi connectivity index (χ4v) is 1.94. The van der Waals surface area contributed by atoms with Crippen molar-refractivity contribution in [2.24, 2.45) is 0 Å². The van der Waals surface area contributed by atoms with Gasteiger partial charge in [-0.3, -0.25) is 4.79 Å². The summed E-state index contributed by atoms with van der Waals surface area (Å²) in [6, 6.07) is 9.90. The molecule has 0 aliphatic heterocycles. The van der Waals surface area contributed by atoms with Crippen LogP contribution in [0.5, 0.6) is 0 Å². The van der Waals surface area contributed by atoms with Crippen LogP contribution in [0.25, 0.3) is 0 Å². The summed E-state index contributed by atoms with van der Waals surface area (Å²) < 4.78 is 0. The maximum absolute atomic E-state index is 12.1. The third-order valence-corrected chi connectivity index (χ3v) is 3.02. The first-order chi connectivity index (χ1) is 9.66. The highest BCUT2D eigenvalue weighted by atomic mass is 16.2. The number of hydrogen-bond donors (Lipinski definition) is 2. The standard InChI is InChI=1S/C14H19N5O/c1-19(2)9-8-12(11-6-4-3-5-7-11)16-14(20)13-10-15-18-17-13/h3-7,10,12H,8-9H2,1-2H3,(H,16,20)(H,15,17,18)/t12-/m0/s1. The molecule has 0 aliphatic carbocycles. The molecular formula is C14H19N5O. The Morgan fingerprint density at radius 3 is 2.70 bits per heavy atom. The zero-order valence-electron chi connectivity index (χ0n) is 11.7. The van der Waals surface area contributed by atoms with Gasteiger partial charge in [0.1, 0.15) is 0 Å². The Balaban J connectivity index is 2.08. The number of hydrogen-bond acceptors (Lipinski definition) is 4. The molecule has 1 heterocycles. The molecule has 0 aliphatic rings. The molecule has 0 saturated carbocycles. The van der Waals surface area contributed by atoms with Gasteiger partial charge in [0.05, 0.1) is 12.2 Å². The molecule has 0 radical (unpaired) electrons. The lowest BCUT2D eigenvalue weighted by Crippen LogP contribution is -2.31. The molecule has 1 aromatic carbocycles. The van der Waals surface area contributed by atoms with Crippen molar-refractivity contribution >= 4 is 5.91 Å². The van der Waals surface area contributed by atoms with E-state index in [1.807, 2.05) is 44.4 Å². The molecule has 0 spiro atoms. The smallest absolute Gasteiger partial charge is 0.273 e. The molecule has 0 saturated heterocycles. The van der Waals surface area contributed by atoms with Crippen LogP contribution < -0.4 is 5.32 Å². The molecule has 0 bridgehead atoms. The van der Waals surface area contributed by atoms with Crippen LogP contribution in [-0.2, 0) is 0 Å². The van der Waals surface area contributed by atoms with Crippen molar-refractivity contribution in [3.8, 4) is 0 Å². The van der Waals surface area contributed by atoms with E-state index in [9.17, 15) is 4.79 Å². The van der Waals surface area contributed by atoms with Crippen molar-refractivity contribution < 1.29 is 4.79 Å². The van der Waals surface area contributed by atoms with Gasteiger partial charge in [-0.1, -0.05) is 30.3 Å². The van der Waals surface area contributed by atoms with E-state index in [-0.39, 0.29) is 11.9 Å². The Kier molecular flexibility index (Phi) is 4.84. The lowest BCUT2D eigenvalue weighted by Gasteiger charge is -2.20. The monoisotopic (exact) mass is 273 g/mol. The zero-order valence-corrected chi connectivity index (χ0v) is 11.7. The van der Waals surface area contributed by atoms with E-state index in [1.165, 1.54) is 6.20 Å². The molecule has 6 heteroatoms.